The molecule has 1 saturated heterocycles. The Morgan fingerprint density at radius 1 is 1.07 bits per heavy atom. The summed E-state index contributed by atoms with van der Waals surface area (Å²) in [5.74, 6) is 0.566. The van der Waals surface area contributed by atoms with Gasteiger partial charge < -0.3 is 14.6 Å². The summed E-state index contributed by atoms with van der Waals surface area (Å²) in [5, 5.41) is 8.07. The highest BCUT2D eigenvalue weighted by atomic mass is 16.4. The summed E-state index contributed by atoms with van der Waals surface area (Å²) in [4.78, 5) is 39.0. The summed E-state index contributed by atoms with van der Waals surface area (Å²) in [5.41, 5.74) is -0.0844. The van der Waals surface area contributed by atoms with Crippen molar-refractivity contribution in [1.29, 1.82) is 0 Å². The summed E-state index contributed by atoms with van der Waals surface area (Å²) in [6.45, 7) is 1.01. The number of amides is 2. The third-order valence-corrected chi connectivity index (χ3v) is 5.84. The van der Waals surface area contributed by atoms with Crippen molar-refractivity contribution in [3.05, 3.63) is 58.6 Å². The second-order valence-corrected chi connectivity index (χ2v) is 7.93. The molecule has 2 aliphatic rings. The van der Waals surface area contributed by atoms with E-state index in [4.69, 9.17) is 4.42 Å². The molecule has 3 aromatic rings. The average molecular weight is 406 g/mol. The lowest BCUT2D eigenvalue weighted by Gasteiger charge is -2.32. The maximum atomic E-state index is 12.9. The predicted molar refractivity (Wildman–Crippen MR) is 110 cm³/mol. The quantitative estimate of drug-likeness (QED) is 0.672. The van der Waals surface area contributed by atoms with Crippen LogP contribution in [0.3, 0.4) is 0 Å². The third kappa shape index (κ3) is 3.49. The highest BCUT2D eigenvalue weighted by Crippen LogP contribution is 2.31. The van der Waals surface area contributed by atoms with Crippen molar-refractivity contribution in [3.8, 4) is 0 Å². The van der Waals surface area contributed by atoms with E-state index < -0.39 is 5.63 Å². The fourth-order valence-electron chi connectivity index (χ4n) is 3.97. The fourth-order valence-corrected chi connectivity index (χ4v) is 3.97. The Kier molecular flexibility index (Phi) is 4.61. The summed E-state index contributed by atoms with van der Waals surface area (Å²) in [6.07, 6.45) is 4.96. The van der Waals surface area contributed by atoms with E-state index in [1.165, 1.54) is 0 Å². The number of likely N-dealkylation sites (tertiary alicyclic amines) is 1. The van der Waals surface area contributed by atoms with Crippen molar-refractivity contribution >= 4 is 28.6 Å². The second kappa shape index (κ2) is 7.44. The van der Waals surface area contributed by atoms with E-state index in [0.717, 1.165) is 18.2 Å². The van der Waals surface area contributed by atoms with Crippen molar-refractivity contribution < 1.29 is 14.0 Å². The second-order valence-electron chi connectivity index (χ2n) is 7.93. The number of hydrogen-bond acceptors (Lipinski definition) is 5. The number of fused-ring (bicyclic) bond motifs is 1. The molecule has 0 unspecified atom stereocenters. The van der Waals surface area contributed by atoms with Gasteiger partial charge in [-0.05, 0) is 37.8 Å². The number of carbonyl (C=O) groups is 2. The van der Waals surface area contributed by atoms with Gasteiger partial charge in [-0.15, -0.1) is 0 Å². The molecule has 0 bridgehead atoms. The number of para-hydroxylation sites is 1. The standard InChI is InChI=1S/C22H22N4O4/c27-20(14-5-6-14)24-19-7-10-23-26(19)16-8-11-25(12-9-16)21(28)17-13-15-3-1-2-4-18(15)30-22(17)29/h1-4,7,10,13-14,16H,5-6,8-9,11-12H2,(H,24,27). The molecule has 154 valence electrons. The van der Waals surface area contributed by atoms with Gasteiger partial charge >= 0.3 is 5.63 Å². The molecule has 1 aliphatic carbocycles. The van der Waals surface area contributed by atoms with Gasteiger partial charge in [0.15, 0.2) is 0 Å². The number of rotatable bonds is 4. The van der Waals surface area contributed by atoms with E-state index in [2.05, 4.69) is 10.4 Å². The van der Waals surface area contributed by atoms with Gasteiger partial charge in [-0.3, -0.25) is 9.59 Å². The Hall–Kier alpha value is -3.42. The Morgan fingerprint density at radius 3 is 2.60 bits per heavy atom. The fraction of sp³-hybridized carbons (Fsp3) is 0.364. The van der Waals surface area contributed by atoms with Gasteiger partial charge in [-0.25, -0.2) is 9.48 Å². The number of nitrogens with one attached hydrogen (secondary N) is 1. The monoisotopic (exact) mass is 406 g/mol. The normalized spacial score (nSPS) is 17.3. The topological polar surface area (TPSA) is 97.4 Å². The Bertz CT molecular complexity index is 1170. The number of benzene rings is 1. The molecule has 8 nitrogen and oxygen atoms in total. The highest BCUT2D eigenvalue weighted by molar-refractivity contribution is 5.96. The van der Waals surface area contributed by atoms with E-state index in [0.29, 0.717) is 37.3 Å². The van der Waals surface area contributed by atoms with Crippen molar-refractivity contribution in [3.63, 3.8) is 0 Å². The zero-order valence-electron chi connectivity index (χ0n) is 16.4. The molecular formula is C22H22N4O4. The van der Waals surface area contributed by atoms with Crippen molar-refractivity contribution in [2.24, 2.45) is 5.92 Å². The molecule has 3 heterocycles. The van der Waals surface area contributed by atoms with Crippen LogP contribution in [-0.4, -0.2) is 39.6 Å². The number of piperidine rings is 1. The molecule has 1 aliphatic heterocycles. The molecule has 1 saturated carbocycles. The largest absolute Gasteiger partial charge is 0.422 e. The van der Waals surface area contributed by atoms with Crippen LogP contribution in [0.1, 0.15) is 42.1 Å². The lowest BCUT2D eigenvalue weighted by atomic mass is 10.0. The number of anilines is 1. The molecule has 2 aromatic heterocycles. The Balaban J connectivity index is 1.28. The lowest BCUT2D eigenvalue weighted by molar-refractivity contribution is -0.117. The SMILES string of the molecule is O=C(Nc1ccnn1C1CCN(C(=O)c2cc3ccccc3oc2=O)CC1)C1CC1. The van der Waals surface area contributed by atoms with E-state index in [-0.39, 0.29) is 29.3 Å². The van der Waals surface area contributed by atoms with Gasteiger partial charge in [0.05, 0.1) is 12.2 Å². The predicted octanol–water partition coefficient (Wildman–Crippen LogP) is 2.82. The lowest BCUT2D eigenvalue weighted by Crippen LogP contribution is -2.41. The zero-order valence-corrected chi connectivity index (χ0v) is 16.4. The van der Waals surface area contributed by atoms with Crippen molar-refractivity contribution in [2.45, 2.75) is 31.7 Å². The first-order chi connectivity index (χ1) is 14.6. The number of carbonyl (C=O) groups excluding carboxylic acids is 2. The van der Waals surface area contributed by atoms with Crippen LogP contribution in [-0.2, 0) is 4.79 Å². The molecule has 0 radical (unpaired) electrons. The first-order valence-electron chi connectivity index (χ1n) is 10.3. The van der Waals surface area contributed by atoms with Gasteiger partial charge in [-0.2, -0.15) is 5.10 Å². The summed E-state index contributed by atoms with van der Waals surface area (Å²) >= 11 is 0. The first-order valence-corrected chi connectivity index (χ1v) is 10.3. The van der Waals surface area contributed by atoms with Crippen LogP contribution >= 0.6 is 0 Å². The van der Waals surface area contributed by atoms with Crippen LogP contribution in [0.25, 0.3) is 11.0 Å². The van der Waals surface area contributed by atoms with Crippen LogP contribution in [0.15, 0.2) is 51.8 Å². The Labute approximate surface area is 172 Å². The van der Waals surface area contributed by atoms with E-state index in [9.17, 15) is 14.4 Å². The average Bonchev–Trinajstić information content (AvgIpc) is 3.52. The van der Waals surface area contributed by atoms with Crippen molar-refractivity contribution in [2.75, 3.05) is 18.4 Å². The van der Waals surface area contributed by atoms with Crippen LogP contribution < -0.4 is 10.9 Å². The molecule has 8 heteroatoms. The number of aromatic nitrogens is 2. The van der Waals surface area contributed by atoms with Gasteiger partial charge in [0, 0.05) is 30.5 Å². The summed E-state index contributed by atoms with van der Waals surface area (Å²) in [6, 6.07) is 10.6. The Morgan fingerprint density at radius 2 is 1.83 bits per heavy atom. The maximum Gasteiger partial charge on any atom is 0.349 e. The van der Waals surface area contributed by atoms with Gasteiger partial charge in [0.1, 0.15) is 17.0 Å². The number of nitrogens with zero attached hydrogens (tertiary/aromatic N) is 3. The molecule has 1 aromatic carbocycles. The third-order valence-electron chi connectivity index (χ3n) is 5.84. The first kappa shape index (κ1) is 18.6. The van der Waals surface area contributed by atoms with Crippen molar-refractivity contribution in [1.82, 2.24) is 14.7 Å². The maximum absolute atomic E-state index is 12.9. The summed E-state index contributed by atoms with van der Waals surface area (Å²) in [7, 11) is 0. The molecule has 0 atom stereocenters. The molecule has 2 fully saturated rings. The van der Waals surface area contributed by atoms with E-state index in [1.54, 1.807) is 35.4 Å². The van der Waals surface area contributed by atoms with Gasteiger partial charge in [0.25, 0.3) is 5.91 Å². The minimum absolute atomic E-state index is 0.0485. The van der Waals surface area contributed by atoms with Crippen LogP contribution in [0, 0.1) is 5.92 Å². The molecule has 5 rings (SSSR count). The molecule has 2 amide bonds. The van der Waals surface area contributed by atoms with E-state index in [1.807, 2.05) is 16.8 Å². The van der Waals surface area contributed by atoms with E-state index >= 15 is 0 Å². The number of hydrogen-bond donors (Lipinski definition) is 1. The van der Waals surface area contributed by atoms with Gasteiger partial charge in [0.2, 0.25) is 5.91 Å². The molecule has 0 spiro atoms. The highest BCUT2D eigenvalue weighted by Gasteiger charge is 2.31. The molecular weight excluding hydrogens is 384 g/mol. The van der Waals surface area contributed by atoms with Crippen LogP contribution in [0.5, 0.6) is 0 Å². The van der Waals surface area contributed by atoms with Crippen LogP contribution in [0.4, 0.5) is 5.82 Å². The zero-order chi connectivity index (χ0) is 20.7. The van der Waals surface area contributed by atoms with Crippen LogP contribution in [0.2, 0.25) is 0 Å². The van der Waals surface area contributed by atoms with Gasteiger partial charge in [-0.1, -0.05) is 18.2 Å². The minimum atomic E-state index is -0.613. The molecule has 30 heavy (non-hydrogen) atoms. The molecule has 1 N–H and O–H groups in total. The smallest absolute Gasteiger partial charge is 0.349 e. The minimum Gasteiger partial charge on any atom is -0.422 e. The summed E-state index contributed by atoms with van der Waals surface area (Å²) < 4.78 is 7.14.